The van der Waals surface area contributed by atoms with Crippen molar-refractivity contribution in [1.29, 1.82) is 0 Å². The summed E-state index contributed by atoms with van der Waals surface area (Å²) >= 11 is 6.35. The fourth-order valence-electron chi connectivity index (χ4n) is 6.02. The molecule has 0 unspecified atom stereocenters. The van der Waals surface area contributed by atoms with Gasteiger partial charge in [-0.2, -0.15) is 13.2 Å². The highest BCUT2D eigenvalue weighted by atomic mass is 35.5. The molecule has 214 valence electrons. The Morgan fingerprint density at radius 3 is 2.42 bits per heavy atom. The van der Waals surface area contributed by atoms with Crippen LogP contribution in [-0.2, 0) is 13.1 Å². The van der Waals surface area contributed by atoms with Crippen LogP contribution in [0.3, 0.4) is 0 Å². The van der Waals surface area contributed by atoms with Gasteiger partial charge in [0.25, 0.3) is 0 Å². The van der Waals surface area contributed by atoms with E-state index in [1.807, 2.05) is 23.1 Å². The highest BCUT2D eigenvalue weighted by molar-refractivity contribution is 6.30. The highest BCUT2D eigenvalue weighted by Crippen LogP contribution is 2.37. The van der Waals surface area contributed by atoms with Crippen molar-refractivity contribution in [2.75, 3.05) is 44.7 Å². The van der Waals surface area contributed by atoms with Gasteiger partial charge in [-0.05, 0) is 36.6 Å². The lowest BCUT2D eigenvalue weighted by Gasteiger charge is -2.45. The van der Waals surface area contributed by atoms with Crippen molar-refractivity contribution in [2.45, 2.75) is 44.1 Å². The summed E-state index contributed by atoms with van der Waals surface area (Å²) in [6, 6.07) is 7.83. The summed E-state index contributed by atoms with van der Waals surface area (Å²) in [5.74, 6) is 0.182. The second-order valence-electron chi connectivity index (χ2n) is 10.7. The van der Waals surface area contributed by atoms with Gasteiger partial charge in [-0.15, -0.1) is 10.2 Å². The van der Waals surface area contributed by atoms with Gasteiger partial charge in [0.15, 0.2) is 17.4 Å². The molecule has 2 aromatic carbocycles. The molecule has 0 bridgehead atoms. The highest BCUT2D eigenvalue weighted by Gasteiger charge is 2.41. The molecule has 0 saturated carbocycles. The molecule has 0 N–H and O–H groups in total. The molecule has 0 aliphatic carbocycles. The van der Waals surface area contributed by atoms with E-state index in [2.05, 4.69) is 19.7 Å². The molecule has 40 heavy (non-hydrogen) atoms. The number of fused-ring (bicyclic) bond motifs is 3. The third-order valence-corrected chi connectivity index (χ3v) is 8.27. The smallest absolute Gasteiger partial charge is 0.401 e. The molecule has 0 spiro atoms. The molecule has 6 rings (SSSR count). The zero-order valence-electron chi connectivity index (χ0n) is 21.8. The molecule has 2 saturated heterocycles. The summed E-state index contributed by atoms with van der Waals surface area (Å²) in [4.78, 5) is 5.43. The minimum absolute atomic E-state index is 0.00545. The van der Waals surface area contributed by atoms with Gasteiger partial charge < -0.3 is 9.64 Å². The minimum atomic E-state index is -4.22. The lowest BCUT2D eigenvalue weighted by Crippen LogP contribution is -2.60. The zero-order valence-corrected chi connectivity index (χ0v) is 22.5. The van der Waals surface area contributed by atoms with E-state index in [0.29, 0.717) is 62.8 Å². The first-order valence-electron chi connectivity index (χ1n) is 13.1. The van der Waals surface area contributed by atoms with Crippen LogP contribution in [0.2, 0.25) is 5.02 Å². The van der Waals surface area contributed by atoms with Gasteiger partial charge in [-0.25, -0.2) is 8.78 Å². The van der Waals surface area contributed by atoms with E-state index in [0.717, 1.165) is 29.0 Å². The van der Waals surface area contributed by atoms with Gasteiger partial charge in [0.1, 0.15) is 11.6 Å². The first-order valence-corrected chi connectivity index (χ1v) is 13.5. The number of halogens is 6. The summed E-state index contributed by atoms with van der Waals surface area (Å²) in [7, 11) is 1.35. The predicted molar refractivity (Wildman–Crippen MR) is 139 cm³/mol. The summed E-state index contributed by atoms with van der Waals surface area (Å²) < 4.78 is 74.1. The normalized spacial score (nSPS) is 19.2. The molecule has 4 heterocycles. The van der Waals surface area contributed by atoms with Crippen molar-refractivity contribution < 1.29 is 26.7 Å². The van der Waals surface area contributed by atoms with Crippen LogP contribution in [0, 0.1) is 11.6 Å². The van der Waals surface area contributed by atoms with Crippen LogP contribution < -0.4 is 9.64 Å². The Morgan fingerprint density at radius 2 is 1.73 bits per heavy atom. The van der Waals surface area contributed by atoms with Gasteiger partial charge in [-0.3, -0.25) is 14.4 Å². The van der Waals surface area contributed by atoms with E-state index in [9.17, 15) is 22.0 Å². The standard InChI is InChI=1S/C27H28ClF5N6O/c1-40-24-10-23(20(29)9-21(24)30)37-6-4-16(5-7-37)26-35-34-25-14-38(19-12-36(13-19)15-27(31,32)33)11-17-8-18(28)2-3-22(17)39(25)26/h2-3,8-10,16,19H,4-7,11-15H2,1H3. The second kappa shape index (κ2) is 10.5. The maximum absolute atomic E-state index is 14.6. The first kappa shape index (κ1) is 27.2. The molecule has 2 fully saturated rings. The second-order valence-corrected chi connectivity index (χ2v) is 11.1. The van der Waals surface area contributed by atoms with Crippen LogP contribution in [0.25, 0.3) is 5.69 Å². The largest absolute Gasteiger partial charge is 0.494 e. The Morgan fingerprint density at radius 1 is 0.975 bits per heavy atom. The molecule has 3 aliphatic rings. The molecule has 3 aliphatic heterocycles. The maximum atomic E-state index is 14.6. The molecule has 0 amide bonds. The van der Waals surface area contributed by atoms with Gasteiger partial charge in [0, 0.05) is 61.8 Å². The Bertz CT molecular complexity index is 1400. The molecule has 13 heteroatoms. The molecule has 1 aromatic heterocycles. The monoisotopic (exact) mass is 582 g/mol. The SMILES string of the molecule is COc1cc(N2CCC(c3nnc4n3-c3ccc(Cl)cc3CN(C3CN(CC(F)(F)F)C3)C4)CC2)c(F)cc1F. The maximum Gasteiger partial charge on any atom is 0.401 e. The number of piperidine rings is 1. The lowest BCUT2D eigenvalue weighted by molar-refractivity contribution is -0.161. The molecule has 3 aromatic rings. The Kier molecular flexibility index (Phi) is 7.12. The number of methoxy groups -OCH3 is 1. The number of aromatic nitrogens is 3. The number of hydrogen-bond acceptors (Lipinski definition) is 6. The van der Waals surface area contributed by atoms with Crippen molar-refractivity contribution >= 4 is 17.3 Å². The third-order valence-electron chi connectivity index (χ3n) is 8.03. The van der Waals surface area contributed by atoms with Crippen LogP contribution in [-0.4, -0.2) is 76.6 Å². The first-order chi connectivity index (χ1) is 19.1. The van der Waals surface area contributed by atoms with E-state index in [1.165, 1.54) is 18.1 Å². The van der Waals surface area contributed by atoms with E-state index in [1.54, 1.807) is 0 Å². The van der Waals surface area contributed by atoms with Gasteiger partial charge in [0.05, 0.1) is 31.6 Å². The fourth-order valence-corrected chi connectivity index (χ4v) is 6.22. The van der Waals surface area contributed by atoms with Crippen molar-refractivity contribution in [3.63, 3.8) is 0 Å². The number of ether oxygens (including phenoxy) is 1. The number of likely N-dealkylation sites (tertiary alicyclic amines) is 1. The number of nitrogens with zero attached hydrogens (tertiary/aromatic N) is 6. The summed E-state index contributed by atoms with van der Waals surface area (Å²) in [5, 5.41) is 9.67. The average molecular weight is 583 g/mol. The number of benzene rings is 2. The number of rotatable bonds is 5. The van der Waals surface area contributed by atoms with Crippen LogP contribution >= 0.6 is 11.6 Å². The van der Waals surface area contributed by atoms with Gasteiger partial charge in [-0.1, -0.05) is 11.6 Å². The van der Waals surface area contributed by atoms with Crippen LogP contribution in [0.15, 0.2) is 30.3 Å². The lowest BCUT2D eigenvalue weighted by atomic mass is 9.95. The predicted octanol–water partition coefficient (Wildman–Crippen LogP) is 5.15. The minimum Gasteiger partial charge on any atom is -0.494 e. The number of anilines is 1. The summed E-state index contributed by atoms with van der Waals surface area (Å²) in [5.41, 5.74) is 2.16. The zero-order chi connectivity index (χ0) is 28.2. The Labute approximate surface area is 233 Å². The van der Waals surface area contributed by atoms with Crippen molar-refractivity contribution in [3.05, 3.63) is 64.2 Å². The van der Waals surface area contributed by atoms with E-state index < -0.39 is 24.4 Å². The van der Waals surface area contributed by atoms with E-state index >= 15 is 0 Å². The van der Waals surface area contributed by atoms with Gasteiger partial charge >= 0.3 is 6.18 Å². The van der Waals surface area contributed by atoms with Gasteiger partial charge in [0.2, 0.25) is 0 Å². The van der Waals surface area contributed by atoms with E-state index in [-0.39, 0.29) is 17.7 Å². The number of alkyl halides is 3. The average Bonchev–Trinajstić information content (AvgIpc) is 3.21. The van der Waals surface area contributed by atoms with Crippen LogP contribution in [0.5, 0.6) is 5.75 Å². The summed E-state index contributed by atoms with van der Waals surface area (Å²) in [6.07, 6.45) is -2.86. The number of hydrogen-bond donors (Lipinski definition) is 0. The molecule has 0 radical (unpaired) electrons. The fraction of sp³-hybridized carbons (Fsp3) is 0.481. The van der Waals surface area contributed by atoms with Crippen LogP contribution in [0.1, 0.15) is 36.0 Å². The third kappa shape index (κ3) is 5.24. The molecule has 0 atom stereocenters. The molecule has 7 nitrogen and oxygen atoms in total. The summed E-state index contributed by atoms with van der Waals surface area (Å²) in [6.45, 7) is 1.81. The van der Waals surface area contributed by atoms with E-state index in [4.69, 9.17) is 16.3 Å². The van der Waals surface area contributed by atoms with Crippen molar-refractivity contribution in [1.82, 2.24) is 24.6 Å². The topological polar surface area (TPSA) is 49.7 Å². The van der Waals surface area contributed by atoms with Crippen LogP contribution in [0.4, 0.5) is 27.6 Å². The van der Waals surface area contributed by atoms with Crippen molar-refractivity contribution in [2.24, 2.45) is 0 Å². The molecular weight excluding hydrogens is 555 g/mol. The molecular formula is C27H28ClF5N6O. The Hall–Kier alpha value is -2.96. The quantitative estimate of drug-likeness (QED) is 0.388. The van der Waals surface area contributed by atoms with Crippen molar-refractivity contribution in [3.8, 4) is 11.4 Å². The Balaban J connectivity index is 1.23.